The van der Waals surface area contributed by atoms with Crippen molar-refractivity contribution >= 4 is 33.6 Å². The van der Waals surface area contributed by atoms with Gasteiger partial charge in [0.15, 0.2) is 6.10 Å². The van der Waals surface area contributed by atoms with Gasteiger partial charge in [-0.3, -0.25) is 32.5 Å². The number of carbonyl (C=O) groups is 3. The average Bonchev–Trinajstić information content (AvgIpc) is 0.895. The van der Waals surface area contributed by atoms with Crippen LogP contribution in [0.15, 0.2) is 158 Å². The lowest BCUT2D eigenvalue weighted by atomic mass is 10.0. The van der Waals surface area contributed by atoms with E-state index in [4.69, 9.17) is 32.3 Å². The predicted molar refractivity (Wildman–Crippen MR) is 509 cm³/mol. The summed E-state index contributed by atoms with van der Waals surface area (Å²) in [6.45, 7) is 2.57. The molecule has 0 amide bonds. The molecule has 5 unspecified atom stereocenters. The molecule has 0 aromatic carbocycles. The van der Waals surface area contributed by atoms with Crippen LogP contribution in [0.5, 0.6) is 0 Å². The number of carbonyl (C=O) groups excluding carboxylic acids is 3. The van der Waals surface area contributed by atoms with E-state index in [1.165, 1.54) is 205 Å². The summed E-state index contributed by atoms with van der Waals surface area (Å²) in [6, 6.07) is 0. The topological polar surface area (TPSA) is 231 Å². The first-order valence-corrected chi connectivity index (χ1v) is 51.8. The van der Waals surface area contributed by atoms with Crippen LogP contribution in [-0.2, 0) is 55.8 Å². The van der Waals surface area contributed by atoms with Gasteiger partial charge in [-0.05, 0) is 154 Å². The van der Waals surface area contributed by atoms with E-state index >= 15 is 0 Å². The van der Waals surface area contributed by atoms with Gasteiger partial charge >= 0.3 is 33.6 Å². The number of phosphoric ester groups is 2. The maximum Gasteiger partial charge on any atom is 0.472 e. The van der Waals surface area contributed by atoms with Crippen molar-refractivity contribution in [2.45, 2.75) is 437 Å². The normalized spacial score (nSPS) is 14.4. The van der Waals surface area contributed by atoms with Crippen molar-refractivity contribution in [3.05, 3.63) is 158 Å². The van der Waals surface area contributed by atoms with Gasteiger partial charge in [-0.15, -0.1) is 0 Å². The van der Waals surface area contributed by atoms with E-state index in [-0.39, 0.29) is 19.3 Å². The summed E-state index contributed by atoms with van der Waals surface area (Å²) in [5, 5.41) is 20.8. The molecule has 0 aliphatic heterocycles. The van der Waals surface area contributed by atoms with E-state index in [9.17, 15) is 43.5 Å². The standard InChI is InChI=1S/C103H178O16P2/c1-4-7-10-13-16-19-22-25-28-31-34-37-40-43-45-46-47-48-49-50-52-55-56-59-62-65-68-71-74-77-80-83-86-89-101(106)113-92-98(104)93-115-120(109,110)116-94-99(105)95-117-121(111,112)118-97-100(119-103(108)91-88-85-82-79-76-73-70-67-64-61-58-53-42-39-36-33-30-27-24-21-18-15-12-9-6-3)96-114-102(107)90-87-84-81-78-75-72-69-66-63-60-57-54-51-44-41-38-35-32-29-26-23-20-17-14-11-8-5-2/h8,11,16-21,25-30,34-39,43-45,51,53,58,98-100,104-105H,4-7,9-10,12-15,22-24,31-33,40-42,46-50,52,54-57,59-97H2,1-3H3,(H,109,110)(H,111,112)/b11-8-,19-16-,20-17-,21-18-,28-25-,29-26-,30-27-,37-34-,38-35-,39-36-,45-43-,51-44-,58-53-. The van der Waals surface area contributed by atoms with Crippen LogP contribution < -0.4 is 0 Å². The Morgan fingerprint density at radius 2 is 0.438 bits per heavy atom. The highest BCUT2D eigenvalue weighted by molar-refractivity contribution is 7.47. The summed E-state index contributed by atoms with van der Waals surface area (Å²) in [7, 11) is -9.82. The molecule has 0 aromatic heterocycles. The first-order chi connectivity index (χ1) is 59.2. The molecule has 0 aromatic rings. The highest BCUT2D eigenvalue weighted by atomic mass is 31.2. The molecule has 0 fully saturated rings. The van der Waals surface area contributed by atoms with Crippen LogP contribution in [0, 0.1) is 0 Å². The molecule has 0 saturated heterocycles. The number of aliphatic hydroxyl groups excluding tert-OH is 2. The van der Waals surface area contributed by atoms with E-state index in [0.717, 1.165) is 154 Å². The summed E-state index contributed by atoms with van der Waals surface area (Å²) < 4.78 is 61.6. The van der Waals surface area contributed by atoms with Crippen molar-refractivity contribution in [2.75, 3.05) is 39.6 Å². The molecule has 0 spiro atoms. The van der Waals surface area contributed by atoms with E-state index in [2.05, 4.69) is 179 Å². The van der Waals surface area contributed by atoms with Gasteiger partial charge in [0.2, 0.25) is 0 Å². The minimum atomic E-state index is -4.95. The highest BCUT2D eigenvalue weighted by Gasteiger charge is 2.30. The monoisotopic (exact) mass is 1730 g/mol. The maximum absolute atomic E-state index is 13.1. The van der Waals surface area contributed by atoms with E-state index in [1.54, 1.807) is 0 Å². The van der Waals surface area contributed by atoms with E-state index in [1.807, 2.05) is 0 Å². The Hall–Kier alpha value is -4.83. The Morgan fingerprint density at radius 1 is 0.240 bits per heavy atom. The maximum atomic E-state index is 13.1. The molecule has 0 radical (unpaired) electrons. The number of ether oxygens (including phenoxy) is 3. The first-order valence-electron chi connectivity index (χ1n) is 48.8. The van der Waals surface area contributed by atoms with Gasteiger partial charge in [0.1, 0.15) is 25.4 Å². The molecule has 696 valence electrons. The average molecular weight is 1730 g/mol. The molecule has 0 heterocycles. The van der Waals surface area contributed by atoms with Crippen LogP contribution in [0.3, 0.4) is 0 Å². The zero-order valence-electron chi connectivity index (χ0n) is 76.9. The Kier molecular flexibility index (Phi) is 90.5. The smallest absolute Gasteiger partial charge is 0.463 e. The fourth-order valence-corrected chi connectivity index (χ4v) is 14.9. The van der Waals surface area contributed by atoms with Crippen LogP contribution in [0.4, 0.5) is 0 Å². The Morgan fingerprint density at radius 3 is 0.694 bits per heavy atom. The molecule has 18 heteroatoms. The fourth-order valence-electron chi connectivity index (χ4n) is 13.3. The predicted octanol–water partition coefficient (Wildman–Crippen LogP) is 30.5. The van der Waals surface area contributed by atoms with E-state index in [0.29, 0.717) is 19.3 Å². The second-order valence-electron chi connectivity index (χ2n) is 32.5. The van der Waals surface area contributed by atoms with Crippen molar-refractivity contribution in [3.63, 3.8) is 0 Å². The number of allylic oxidation sites excluding steroid dienone is 26. The molecule has 0 bridgehead atoms. The molecule has 16 nitrogen and oxygen atoms in total. The van der Waals surface area contributed by atoms with Gasteiger partial charge in [-0.2, -0.15) is 0 Å². The number of hydrogen-bond donors (Lipinski definition) is 4. The van der Waals surface area contributed by atoms with Crippen molar-refractivity contribution < 1.29 is 75.8 Å². The number of hydrogen-bond acceptors (Lipinski definition) is 14. The molecule has 5 atom stereocenters. The summed E-state index contributed by atoms with van der Waals surface area (Å²) >= 11 is 0. The largest absolute Gasteiger partial charge is 0.472 e. The number of unbranched alkanes of at least 4 members (excludes halogenated alkanes) is 43. The second-order valence-corrected chi connectivity index (χ2v) is 35.4. The number of aliphatic hydroxyl groups is 2. The van der Waals surface area contributed by atoms with Gasteiger partial charge in [0.25, 0.3) is 0 Å². The number of phosphoric acid groups is 2. The van der Waals surface area contributed by atoms with Crippen LogP contribution in [0.2, 0.25) is 0 Å². The van der Waals surface area contributed by atoms with Gasteiger partial charge < -0.3 is 34.2 Å². The molecule has 121 heavy (non-hydrogen) atoms. The Labute approximate surface area is 740 Å². The SMILES string of the molecule is CC/C=C\C/C=C\C/C=C\C/C=C\C/C=C\CCCCCCCCCCCCCC(=O)OCC(COP(=O)(O)OCC(O)COP(=O)(O)OCC(O)COC(=O)CCCCCCCCCCCCCCCCCCC/C=C\C/C=C\C/C=C\C/C=C\CCCCC)OC(=O)CCCCCCCCCCC/C=C\C/C=C\C/C=C\C/C=C\CCCCC. The zero-order valence-corrected chi connectivity index (χ0v) is 78.7. The van der Waals surface area contributed by atoms with Crippen LogP contribution >= 0.6 is 15.6 Å². The fraction of sp³-hybridized carbons (Fsp3) is 0.718. The lowest BCUT2D eigenvalue weighted by Crippen LogP contribution is -2.30. The molecule has 0 aliphatic carbocycles. The first kappa shape index (κ1) is 116. The van der Waals surface area contributed by atoms with Gasteiger partial charge in [-0.1, -0.05) is 403 Å². The third kappa shape index (κ3) is 95.7. The minimum Gasteiger partial charge on any atom is -0.463 e. The van der Waals surface area contributed by atoms with Crippen molar-refractivity contribution in [2.24, 2.45) is 0 Å². The van der Waals surface area contributed by atoms with Gasteiger partial charge in [-0.25, -0.2) is 9.13 Å². The molecule has 0 aliphatic rings. The quantitative estimate of drug-likeness (QED) is 0.0146. The van der Waals surface area contributed by atoms with Crippen LogP contribution in [-0.4, -0.2) is 95.9 Å². The Bertz CT molecular complexity index is 2830. The third-order valence-electron chi connectivity index (χ3n) is 20.7. The highest BCUT2D eigenvalue weighted by Crippen LogP contribution is 2.45. The Balaban J connectivity index is 4.59. The number of esters is 3. The van der Waals surface area contributed by atoms with Crippen LogP contribution in [0.1, 0.15) is 419 Å². The number of rotatable bonds is 92. The lowest BCUT2D eigenvalue weighted by Gasteiger charge is -2.21. The minimum absolute atomic E-state index is 0.0936. The van der Waals surface area contributed by atoms with E-state index < -0.39 is 91.5 Å². The molecule has 4 N–H and O–H groups in total. The third-order valence-corrected chi connectivity index (χ3v) is 22.6. The van der Waals surface area contributed by atoms with Crippen molar-refractivity contribution in [1.82, 2.24) is 0 Å². The summed E-state index contributed by atoms with van der Waals surface area (Å²) in [6.07, 6.45) is 121. The lowest BCUT2D eigenvalue weighted by molar-refractivity contribution is -0.161. The summed E-state index contributed by atoms with van der Waals surface area (Å²) in [4.78, 5) is 59.1. The zero-order chi connectivity index (χ0) is 87.9. The van der Waals surface area contributed by atoms with Crippen molar-refractivity contribution in [1.29, 1.82) is 0 Å². The second kappa shape index (κ2) is 94.3. The molecular formula is C103H178O16P2. The van der Waals surface area contributed by atoms with Gasteiger partial charge in [0.05, 0.1) is 26.4 Å². The molecule has 0 saturated carbocycles. The molecular weight excluding hydrogens is 1560 g/mol. The summed E-state index contributed by atoms with van der Waals surface area (Å²) in [5.74, 6) is -1.57. The van der Waals surface area contributed by atoms with Crippen molar-refractivity contribution in [3.8, 4) is 0 Å². The summed E-state index contributed by atoms with van der Waals surface area (Å²) in [5.41, 5.74) is 0. The van der Waals surface area contributed by atoms with Crippen LogP contribution in [0.25, 0.3) is 0 Å². The molecule has 0 rings (SSSR count). The van der Waals surface area contributed by atoms with Gasteiger partial charge in [0, 0.05) is 19.3 Å².